The fourth-order valence-electron chi connectivity index (χ4n) is 1.21. The SMILES string of the molecule is O=C(CCl)NC1=Nc2ncccc2C(=O)NN1. The van der Waals surface area contributed by atoms with Crippen LogP contribution in [0.15, 0.2) is 23.3 Å². The molecule has 0 saturated heterocycles. The average Bonchev–Trinajstić information content (AvgIpc) is 2.50. The molecule has 0 atom stereocenters. The van der Waals surface area contributed by atoms with E-state index in [1.807, 2.05) is 0 Å². The minimum atomic E-state index is -0.438. The van der Waals surface area contributed by atoms with Gasteiger partial charge in [0.2, 0.25) is 11.9 Å². The lowest BCUT2D eigenvalue weighted by Gasteiger charge is -2.07. The van der Waals surface area contributed by atoms with Crippen molar-refractivity contribution in [1.82, 2.24) is 21.2 Å². The van der Waals surface area contributed by atoms with E-state index in [2.05, 4.69) is 26.1 Å². The Balaban J connectivity index is 2.31. The number of nitrogens with one attached hydrogen (secondary N) is 3. The summed E-state index contributed by atoms with van der Waals surface area (Å²) in [5.41, 5.74) is 5.14. The van der Waals surface area contributed by atoms with Gasteiger partial charge in [0.25, 0.3) is 5.91 Å². The third-order valence-electron chi connectivity index (χ3n) is 1.92. The van der Waals surface area contributed by atoms with Crippen LogP contribution in [0.4, 0.5) is 5.82 Å². The highest BCUT2D eigenvalue weighted by molar-refractivity contribution is 6.28. The molecule has 2 rings (SSSR count). The molecule has 7 nitrogen and oxygen atoms in total. The first kappa shape index (κ1) is 11.3. The summed E-state index contributed by atoms with van der Waals surface area (Å²) < 4.78 is 0. The fraction of sp³-hybridized carbons (Fsp3) is 0.111. The molecule has 88 valence electrons. The van der Waals surface area contributed by atoms with Crippen molar-refractivity contribution in [1.29, 1.82) is 0 Å². The Labute approximate surface area is 101 Å². The van der Waals surface area contributed by atoms with Gasteiger partial charge in [-0.05, 0) is 12.1 Å². The maximum Gasteiger partial charge on any atom is 0.273 e. The van der Waals surface area contributed by atoms with Crippen LogP contribution in [-0.2, 0) is 4.79 Å². The second-order valence-electron chi connectivity index (χ2n) is 3.10. The van der Waals surface area contributed by atoms with Crippen LogP contribution in [0.5, 0.6) is 0 Å². The number of alkyl halides is 1. The molecule has 3 N–H and O–H groups in total. The van der Waals surface area contributed by atoms with Crippen LogP contribution in [-0.4, -0.2) is 28.6 Å². The third-order valence-corrected chi connectivity index (χ3v) is 2.17. The molecule has 1 aromatic heterocycles. The molecule has 1 aliphatic rings. The number of rotatable bonds is 1. The molecule has 0 saturated carbocycles. The lowest BCUT2D eigenvalue weighted by molar-refractivity contribution is -0.117. The number of guanidine groups is 1. The number of carbonyl (C=O) groups is 2. The zero-order chi connectivity index (χ0) is 12.3. The lowest BCUT2D eigenvalue weighted by Crippen LogP contribution is -2.48. The van der Waals surface area contributed by atoms with Crippen molar-refractivity contribution < 1.29 is 9.59 Å². The van der Waals surface area contributed by atoms with E-state index < -0.39 is 5.91 Å². The van der Waals surface area contributed by atoms with Gasteiger partial charge in [-0.25, -0.2) is 4.98 Å². The number of nitrogens with zero attached hydrogens (tertiary/aromatic N) is 2. The quantitative estimate of drug-likeness (QED) is 0.598. The van der Waals surface area contributed by atoms with Crippen molar-refractivity contribution in [3.8, 4) is 0 Å². The average molecular weight is 254 g/mol. The summed E-state index contributed by atoms with van der Waals surface area (Å²) in [6.45, 7) is 0. The summed E-state index contributed by atoms with van der Waals surface area (Å²) in [6.07, 6.45) is 1.50. The Morgan fingerprint density at radius 3 is 3.06 bits per heavy atom. The number of pyridine rings is 1. The molecule has 0 aliphatic carbocycles. The topological polar surface area (TPSA) is 95.5 Å². The molecule has 1 aromatic rings. The molecule has 1 aliphatic heterocycles. The van der Waals surface area contributed by atoms with Crippen molar-refractivity contribution in [3.05, 3.63) is 23.9 Å². The highest BCUT2D eigenvalue weighted by atomic mass is 35.5. The van der Waals surface area contributed by atoms with E-state index >= 15 is 0 Å². The van der Waals surface area contributed by atoms with Gasteiger partial charge in [-0.1, -0.05) is 0 Å². The number of aromatic nitrogens is 1. The summed E-state index contributed by atoms with van der Waals surface area (Å²) in [7, 11) is 0. The lowest BCUT2D eigenvalue weighted by atomic mass is 10.2. The Hall–Kier alpha value is -2.15. The Bertz CT molecular complexity index is 502. The van der Waals surface area contributed by atoms with Gasteiger partial charge in [0, 0.05) is 6.20 Å². The van der Waals surface area contributed by atoms with Crippen LogP contribution in [0, 0.1) is 0 Å². The van der Waals surface area contributed by atoms with Gasteiger partial charge < -0.3 is 0 Å². The minimum absolute atomic E-state index is 0.0708. The van der Waals surface area contributed by atoms with Gasteiger partial charge in [-0.2, -0.15) is 4.99 Å². The third kappa shape index (κ3) is 2.51. The zero-order valence-corrected chi connectivity index (χ0v) is 9.28. The van der Waals surface area contributed by atoms with Crippen LogP contribution in [0.2, 0.25) is 0 Å². The van der Waals surface area contributed by atoms with Gasteiger partial charge in [0.1, 0.15) is 5.88 Å². The van der Waals surface area contributed by atoms with E-state index in [0.29, 0.717) is 5.56 Å². The first-order chi connectivity index (χ1) is 8.20. The van der Waals surface area contributed by atoms with Crippen molar-refractivity contribution in [3.63, 3.8) is 0 Å². The number of fused-ring (bicyclic) bond motifs is 1. The number of hydrogen-bond donors (Lipinski definition) is 3. The summed E-state index contributed by atoms with van der Waals surface area (Å²) in [5, 5.41) is 2.38. The molecule has 0 bridgehead atoms. The van der Waals surface area contributed by atoms with Crippen molar-refractivity contribution in [2.24, 2.45) is 4.99 Å². The van der Waals surface area contributed by atoms with Crippen LogP contribution in [0.25, 0.3) is 0 Å². The normalized spacial score (nSPS) is 13.7. The van der Waals surface area contributed by atoms with E-state index in [0.717, 1.165) is 0 Å². The second kappa shape index (κ2) is 4.79. The van der Waals surface area contributed by atoms with Crippen molar-refractivity contribution in [2.45, 2.75) is 0 Å². The predicted octanol–water partition coefficient (Wildman–Crippen LogP) is -0.328. The van der Waals surface area contributed by atoms with Gasteiger partial charge in [-0.3, -0.25) is 25.8 Å². The second-order valence-corrected chi connectivity index (χ2v) is 3.36. The van der Waals surface area contributed by atoms with Gasteiger partial charge in [-0.15, -0.1) is 11.6 Å². The van der Waals surface area contributed by atoms with Crippen LogP contribution in [0.1, 0.15) is 10.4 Å². The molecule has 0 radical (unpaired) electrons. The molecule has 0 fully saturated rings. The Morgan fingerprint density at radius 2 is 2.29 bits per heavy atom. The molecule has 0 aromatic carbocycles. The van der Waals surface area contributed by atoms with Crippen molar-refractivity contribution >= 4 is 35.2 Å². The number of aliphatic imine (C=N–C) groups is 1. The number of hydrazine groups is 1. The van der Waals surface area contributed by atoms with Crippen molar-refractivity contribution in [2.75, 3.05) is 5.88 Å². The predicted molar refractivity (Wildman–Crippen MR) is 60.8 cm³/mol. The van der Waals surface area contributed by atoms with E-state index in [-0.39, 0.29) is 23.6 Å². The number of carbonyl (C=O) groups excluding carboxylic acids is 2. The summed E-state index contributed by atoms with van der Waals surface area (Å²) in [5.74, 6) is -0.733. The van der Waals surface area contributed by atoms with E-state index in [9.17, 15) is 9.59 Å². The molecule has 0 spiro atoms. The molecule has 0 unspecified atom stereocenters. The first-order valence-electron chi connectivity index (χ1n) is 4.66. The molecule has 2 heterocycles. The maximum atomic E-state index is 11.6. The number of halogens is 1. The van der Waals surface area contributed by atoms with Gasteiger partial charge in [0.15, 0.2) is 5.82 Å². The van der Waals surface area contributed by atoms with E-state index in [4.69, 9.17) is 11.6 Å². The number of amides is 2. The fourth-order valence-corrected chi connectivity index (χ4v) is 1.27. The molecule has 2 amide bonds. The monoisotopic (exact) mass is 253 g/mol. The van der Waals surface area contributed by atoms with E-state index in [1.165, 1.54) is 6.20 Å². The van der Waals surface area contributed by atoms with Crippen LogP contribution in [0.3, 0.4) is 0 Å². The van der Waals surface area contributed by atoms with Crippen LogP contribution < -0.4 is 16.2 Å². The Morgan fingerprint density at radius 1 is 1.47 bits per heavy atom. The van der Waals surface area contributed by atoms with Gasteiger partial charge >= 0.3 is 0 Å². The molecular formula is C9H8ClN5O2. The Kier molecular flexibility index (Phi) is 3.20. The maximum absolute atomic E-state index is 11.6. The zero-order valence-electron chi connectivity index (χ0n) is 8.53. The number of hydrogen-bond acceptors (Lipinski definition) is 5. The van der Waals surface area contributed by atoms with E-state index in [1.54, 1.807) is 12.1 Å². The standard InChI is InChI=1S/C9H8ClN5O2/c10-4-6(16)12-9-13-7-5(2-1-3-11-7)8(17)14-15-9/h1-3H,4H2,(H,14,17)(H2,11,12,13,15,16). The highest BCUT2D eigenvalue weighted by Crippen LogP contribution is 2.15. The molecule has 8 heteroatoms. The summed E-state index contributed by atoms with van der Waals surface area (Å²) in [6, 6.07) is 3.20. The molecular weight excluding hydrogens is 246 g/mol. The minimum Gasteiger partial charge on any atom is -0.294 e. The first-order valence-corrected chi connectivity index (χ1v) is 5.20. The summed E-state index contributed by atoms with van der Waals surface area (Å²) in [4.78, 5) is 30.6. The smallest absolute Gasteiger partial charge is 0.273 e. The highest BCUT2D eigenvalue weighted by Gasteiger charge is 2.17. The summed E-state index contributed by atoms with van der Waals surface area (Å²) >= 11 is 5.34. The largest absolute Gasteiger partial charge is 0.294 e. The van der Waals surface area contributed by atoms with Gasteiger partial charge in [0.05, 0.1) is 5.56 Å². The van der Waals surface area contributed by atoms with Crippen LogP contribution >= 0.6 is 11.6 Å². The molecule has 17 heavy (non-hydrogen) atoms.